The molecule has 0 spiro atoms. The number of ether oxygens (including phenoxy) is 1. The Kier molecular flexibility index (Phi) is 4.25. The number of phenols is 1. The third-order valence-corrected chi connectivity index (χ3v) is 2.89. The number of para-hydroxylation sites is 2. The van der Waals surface area contributed by atoms with Crippen molar-refractivity contribution in [2.75, 3.05) is 11.9 Å². The first-order chi connectivity index (χ1) is 9.61. The lowest BCUT2D eigenvalue weighted by Crippen LogP contribution is -2.14. The second kappa shape index (κ2) is 6.10. The molecule has 2 aromatic rings. The number of hydrogen-bond donors (Lipinski definition) is 2. The van der Waals surface area contributed by atoms with Gasteiger partial charge in [-0.15, -0.1) is 0 Å². The van der Waals surface area contributed by atoms with Crippen LogP contribution in [0.1, 0.15) is 22.8 Å². The van der Waals surface area contributed by atoms with Crippen molar-refractivity contribution in [2.24, 2.45) is 0 Å². The zero-order valence-electron chi connectivity index (χ0n) is 11.5. The SMILES string of the molecule is CCOc1ccccc1NC(=O)c1ccc(O)cc1C. The molecule has 2 rings (SSSR count). The molecule has 0 saturated carbocycles. The van der Waals surface area contributed by atoms with Gasteiger partial charge in [-0.3, -0.25) is 4.79 Å². The average molecular weight is 271 g/mol. The topological polar surface area (TPSA) is 58.6 Å². The minimum Gasteiger partial charge on any atom is -0.508 e. The number of carbonyl (C=O) groups is 1. The Hall–Kier alpha value is -2.49. The monoisotopic (exact) mass is 271 g/mol. The van der Waals surface area contributed by atoms with Crippen LogP contribution in [0.3, 0.4) is 0 Å². The third kappa shape index (κ3) is 3.09. The van der Waals surface area contributed by atoms with E-state index in [-0.39, 0.29) is 11.7 Å². The zero-order chi connectivity index (χ0) is 14.5. The lowest BCUT2D eigenvalue weighted by Gasteiger charge is -2.12. The Morgan fingerprint density at radius 2 is 2.00 bits per heavy atom. The summed E-state index contributed by atoms with van der Waals surface area (Å²) in [6.07, 6.45) is 0. The van der Waals surface area contributed by atoms with Crippen molar-refractivity contribution in [1.82, 2.24) is 0 Å². The molecule has 0 aromatic heterocycles. The number of anilines is 1. The number of benzene rings is 2. The van der Waals surface area contributed by atoms with Gasteiger partial charge in [-0.1, -0.05) is 12.1 Å². The maximum Gasteiger partial charge on any atom is 0.256 e. The van der Waals surface area contributed by atoms with Gasteiger partial charge in [0.2, 0.25) is 0 Å². The second-order valence-corrected chi connectivity index (χ2v) is 4.38. The van der Waals surface area contributed by atoms with E-state index in [1.165, 1.54) is 6.07 Å². The second-order valence-electron chi connectivity index (χ2n) is 4.38. The molecule has 0 bridgehead atoms. The molecule has 0 heterocycles. The molecule has 0 unspecified atom stereocenters. The standard InChI is InChI=1S/C16H17NO3/c1-3-20-15-7-5-4-6-14(15)17-16(19)13-9-8-12(18)10-11(13)2/h4-10,18H,3H2,1-2H3,(H,17,19). The normalized spacial score (nSPS) is 10.1. The first-order valence-electron chi connectivity index (χ1n) is 6.44. The number of amides is 1. The summed E-state index contributed by atoms with van der Waals surface area (Å²) in [6.45, 7) is 4.21. The van der Waals surface area contributed by atoms with Gasteiger partial charge in [-0.25, -0.2) is 0 Å². The van der Waals surface area contributed by atoms with Crippen molar-refractivity contribution in [3.63, 3.8) is 0 Å². The summed E-state index contributed by atoms with van der Waals surface area (Å²) in [7, 11) is 0. The molecular weight excluding hydrogens is 254 g/mol. The minimum atomic E-state index is -0.227. The molecule has 4 nitrogen and oxygen atoms in total. The van der Waals surface area contributed by atoms with Gasteiger partial charge < -0.3 is 15.2 Å². The number of rotatable bonds is 4. The van der Waals surface area contributed by atoms with Crippen molar-refractivity contribution in [3.05, 3.63) is 53.6 Å². The minimum absolute atomic E-state index is 0.147. The highest BCUT2D eigenvalue weighted by molar-refractivity contribution is 6.06. The highest BCUT2D eigenvalue weighted by Gasteiger charge is 2.12. The van der Waals surface area contributed by atoms with E-state index in [2.05, 4.69) is 5.32 Å². The number of nitrogens with one attached hydrogen (secondary N) is 1. The molecule has 0 aliphatic carbocycles. The summed E-state index contributed by atoms with van der Waals surface area (Å²) in [5.74, 6) is 0.559. The number of aromatic hydroxyl groups is 1. The molecule has 0 radical (unpaired) electrons. The smallest absolute Gasteiger partial charge is 0.256 e. The predicted octanol–water partition coefficient (Wildman–Crippen LogP) is 3.35. The summed E-state index contributed by atoms with van der Waals surface area (Å²) in [6, 6.07) is 11.9. The number of hydrogen-bond acceptors (Lipinski definition) is 3. The van der Waals surface area contributed by atoms with E-state index in [0.29, 0.717) is 23.6 Å². The van der Waals surface area contributed by atoms with Gasteiger partial charge in [0.1, 0.15) is 11.5 Å². The molecule has 20 heavy (non-hydrogen) atoms. The van der Waals surface area contributed by atoms with Crippen LogP contribution in [0.15, 0.2) is 42.5 Å². The fourth-order valence-corrected chi connectivity index (χ4v) is 1.94. The van der Waals surface area contributed by atoms with E-state index in [9.17, 15) is 9.90 Å². The molecule has 4 heteroatoms. The maximum absolute atomic E-state index is 12.3. The number of carbonyl (C=O) groups excluding carboxylic acids is 1. The van der Waals surface area contributed by atoms with Crippen LogP contribution in [0.25, 0.3) is 0 Å². The molecule has 104 valence electrons. The van der Waals surface area contributed by atoms with E-state index in [4.69, 9.17) is 4.74 Å². The van der Waals surface area contributed by atoms with Gasteiger partial charge in [0.15, 0.2) is 0 Å². The fraction of sp³-hybridized carbons (Fsp3) is 0.188. The summed E-state index contributed by atoms with van der Waals surface area (Å²) in [5.41, 5.74) is 1.87. The van der Waals surface area contributed by atoms with Crippen LogP contribution in [-0.4, -0.2) is 17.6 Å². The van der Waals surface area contributed by atoms with Crippen LogP contribution in [0, 0.1) is 6.92 Å². The first kappa shape index (κ1) is 13.9. The van der Waals surface area contributed by atoms with Crippen LogP contribution in [0.5, 0.6) is 11.5 Å². The van der Waals surface area contributed by atoms with Crippen LogP contribution in [0.4, 0.5) is 5.69 Å². The number of aryl methyl sites for hydroxylation is 1. The summed E-state index contributed by atoms with van der Waals surface area (Å²) < 4.78 is 5.47. The lowest BCUT2D eigenvalue weighted by molar-refractivity contribution is 0.102. The van der Waals surface area contributed by atoms with E-state index in [0.717, 1.165) is 5.56 Å². The lowest BCUT2D eigenvalue weighted by atomic mass is 10.1. The average Bonchev–Trinajstić information content (AvgIpc) is 2.41. The molecule has 0 saturated heterocycles. The highest BCUT2D eigenvalue weighted by Crippen LogP contribution is 2.25. The van der Waals surface area contributed by atoms with Crippen LogP contribution in [-0.2, 0) is 0 Å². The number of phenolic OH excluding ortho intramolecular Hbond substituents is 1. The fourth-order valence-electron chi connectivity index (χ4n) is 1.94. The predicted molar refractivity (Wildman–Crippen MR) is 78.4 cm³/mol. The van der Waals surface area contributed by atoms with Crippen molar-refractivity contribution in [1.29, 1.82) is 0 Å². The molecule has 0 atom stereocenters. The molecule has 0 fully saturated rings. The molecule has 0 aliphatic heterocycles. The Balaban J connectivity index is 2.23. The van der Waals surface area contributed by atoms with E-state index >= 15 is 0 Å². The van der Waals surface area contributed by atoms with Gasteiger partial charge >= 0.3 is 0 Å². The molecule has 2 N–H and O–H groups in total. The van der Waals surface area contributed by atoms with Gasteiger partial charge in [-0.05, 0) is 49.7 Å². The Bertz CT molecular complexity index is 623. The molecule has 2 aromatic carbocycles. The first-order valence-corrected chi connectivity index (χ1v) is 6.44. The molecular formula is C16H17NO3. The largest absolute Gasteiger partial charge is 0.508 e. The highest BCUT2D eigenvalue weighted by atomic mass is 16.5. The van der Waals surface area contributed by atoms with E-state index in [1.54, 1.807) is 25.1 Å². The Morgan fingerprint density at radius 3 is 2.70 bits per heavy atom. The Labute approximate surface area is 118 Å². The summed E-state index contributed by atoms with van der Waals surface area (Å²) >= 11 is 0. The van der Waals surface area contributed by atoms with E-state index < -0.39 is 0 Å². The van der Waals surface area contributed by atoms with E-state index in [1.807, 2.05) is 25.1 Å². The quantitative estimate of drug-likeness (QED) is 0.896. The zero-order valence-corrected chi connectivity index (χ0v) is 11.5. The summed E-state index contributed by atoms with van der Waals surface area (Å²) in [4.78, 5) is 12.3. The van der Waals surface area contributed by atoms with Crippen molar-refractivity contribution < 1.29 is 14.6 Å². The molecule has 1 amide bonds. The third-order valence-electron chi connectivity index (χ3n) is 2.89. The van der Waals surface area contributed by atoms with Crippen molar-refractivity contribution in [3.8, 4) is 11.5 Å². The van der Waals surface area contributed by atoms with Crippen LogP contribution >= 0.6 is 0 Å². The van der Waals surface area contributed by atoms with Gasteiger partial charge in [0, 0.05) is 5.56 Å². The van der Waals surface area contributed by atoms with Crippen LogP contribution in [0.2, 0.25) is 0 Å². The van der Waals surface area contributed by atoms with Crippen LogP contribution < -0.4 is 10.1 Å². The molecule has 0 aliphatic rings. The maximum atomic E-state index is 12.3. The van der Waals surface area contributed by atoms with Crippen molar-refractivity contribution >= 4 is 11.6 Å². The van der Waals surface area contributed by atoms with Crippen molar-refractivity contribution in [2.45, 2.75) is 13.8 Å². The Morgan fingerprint density at radius 1 is 1.25 bits per heavy atom. The van der Waals surface area contributed by atoms with Gasteiger partial charge in [0.05, 0.1) is 12.3 Å². The van der Waals surface area contributed by atoms with Gasteiger partial charge in [-0.2, -0.15) is 0 Å². The summed E-state index contributed by atoms with van der Waals surface area (Å²) in [5, 5.41) is 12.2. The van der Waals surface area contributed by atoms with Gasteiger partial charge in [0.25, 0.3) is 5.91 Å².